The van der Waals surface area contributed by atoms with Crippen molar-refractivity contribution in [3.8, 4) is 22.3 Å². The quantitative estimate of drug-likeness (QED) is 0.187. The molecule has 0 spiro atoms. The van der Waals surface area contributed by atoms with Gasteiger partial charge in [-0.25, -0.2) is 4.79 Å². The van der Waals surface area contributed by atoms with E-state index in [-0.39, 0.29) is 5.69 Å². The monoisotopic (exact) mass is 578 g/mol. The van der Waals surface area contributed by atoms with E-state index in [0.717, 1.165) is 32.9 Å². The van der Waals surface area contributed by atoms with Gasteiger partial charge in [0.25, 0.3) is 0 Å². The third-order valence-electron chi connectivity index (χ3n) is 9.58. The van der Waals surface area contributed by atoms with Crippen molar-refractivity contribution in [1.29, 1.82) is 0 Å². The lowest BCUT2D eigenvalue weighted by Crippen LogP contribution is -2.24. The first kappa shape index (κ1) is 25.8. The summed E-state index contributed by atoms with van der Waals surface area (Å²) < 4.78 is 3.62. The van der Waals surface area contributed by atoms with E-state index in [1.54, 1.807) is 4.57 Å². The molecule has 0 saturated carbocycles. The molecule has 7 aromatic carbocycles. The molecule has 0 atom stereocenters. The van der Waals surface area contributed by atoms with Gasteiger partial charge in [-0.3, -0.25) is 8.97 Å². The number of hydrogen-bond acceptors (Lipinski definition) is 1. The fourth-order valence-corrected chi connectivity index (χ4v) is 7.42. The van der Waals surface area contributed by atoms with Crippen molar-refractivity contribution in [3.63, 3.8) is 0 Å². The van der Waals surface area contributed by atoms with E-state index >= 15 is 0 Å². The Kier molecular flexibility index (Phi) is 5.40. The number of fused-ring (bicyclic) bond motifs is 8. The van der Waals surface area contributed by atoms with E-state index in [4.69, 9.17) is 0 Å². The molecule has 0 aliphatic heterocycles. The van der Waals surface area contributed by atoms with Gasteiger partial charge in [-0.15, -0.1) is 0 Å². The van der Waals surface area contributed by atoms with Gasteiger partial charge >= 0.3 is 5.69 Å². The van der Waals surface area contributed by atoms with Crippen LogP contribution in [-0.2, 0) is 7.05 Å². The maximum atomic E-state index is 13.6. The second-order valence-electron chi connectivity index (χ2n) is 12.4. The molecule has 9 aromatic rings. The summed E-state index contributed by atoms with van der Waals surface area (Å²) in [6.45, 7) is 4.34. The summed E-state index contributed by atoms with van der Waals surface area (Å²) in [6, 6.07) is 46.0. The Morgan fingerprint density at radius 2 is 1.04 bits per heavy atom. The number of hydrogen-bond donors (Lipinski definition) is 0. The highest BCUT2D eigenvalue weighted by Gasteiger charge is 2.19. The van der Waals surface area contributed by atoms with Crippen molar-refractivity contribution in [3.05, 3.63) is 149 Å². The van der Waals surface area contributed by atoms with Gasteiger partial charge in [0, 0.05) is 17.8 Å². The summed E-state index contributed by atoms with van der Waals surface area (Å²) >= 11 is 0. The van der Waals surface area contributed by atoms with Crippen molar-refractivity contribution in [2.75, 3.05) is 0 Å². The molecule has 3 nitrogen and oxygen atoms in total. The largest absolute Gasteiger partial charge is 0.333 e. The summed E-state index contributed by atoms with van der Waals surface area (Å²) in [4.78, 5) is 13.6. The number of aryl methyl sites for hydroxylation is 3. The summed E-state index contributed by atoms with van der Waals surface area (Å²) in [5.74, 6) is 0. The number of para-hydroxylation sites is 1. The highest BCUT2D eigenvalue weighted by molar-refractivity contribution is 6.22. The average molecular weight is 579 g/mol. The Labute approximate surface area is 260 Å². The van der Waals surface area contributed by atoms with E-state index < -0.39 is 0 Å². The summed E-state index contributed by atoms with van der Waals surface area (Å²) in [5, 5.41) is 9.55. The van der Waals surface area contributed by atoms with Crippen molar-refractivity contribution in [1.82, 2.24) is 8.97 Å². The van der Waals surface area contributed by atoms with Crippen molar-refractivity contribution in [2.24, 2.45) is 7.05 Å². The molecule has 0 N–H and O–H groups in total. The molecule has 0 saturated heterocycles. The highest BCUT2D eigenvalue weighted by Crippen LogP contribution is 2.45. The lowest BCUT2D eigenvalue weighted by atomic mass is 9.84. The zero-order valence-corrected chi connectivity index (χ0v) is 25.4. The number of benzene rings is 7. The first-order chi connectivity index (χ1) is 22.0. The van der Waals surface area contributed by atoms with Gasteiger partial charge in [0.15, 0.2) is 0 Å². The lowest BCUT2D eigenvalue weighted by Gasteiger charge is -2.19. The van der Waals surface area contributed by atoms with Crippen LogP contribution in [0.25, 0.3) is 81.9 Å². The Morgan fingerprint density at radius 3 is 1.76 bits per heavy atom. The van der Waals surface area contributed by atoms with Crippen molar-refractivity contribution >= 4 is 59.6 Å². The molecular formula is C42H30N2O. The van der Waals surface area contributed by atoms with Crippen LogP contribution >= 0.6 is 0 Å². The molecule has 0 fully saturated rings. The topological polar surface area (TPSA) is 26.4 Å². The lowest BCUT2D eigenvalue weighted by molar-refractivity contribution is 0.838. The zero-order valence-electron chi connectivity index (χ0n) is 25.4. The second-order valence-corrected chi connectivity index (χ2v) is 12.4. The minimum absolute atomic E-state index is 0.0341. The fraction of sp³-hybridized carbons (Fsp3) is 0.0714. The Hall–Kier alpha value is -5.67. The number of aromatic nitrogens is 2. The minimum atomic E-state index is -0.0341. The van der Waals surface area contributed by atoms with Crippen LogP contribution in [-0.4, -0.2) is 8.97 Å². The molecule has 0 radical (unpaired) electrons. The first-order valence-electron chi connectivity index (χ1n) is 15.5. The van der Waals surface area contributed by atoms with Gasteiger partial charge in [-0.2, -0.15) is 0 Å². The average Bonchev–Trinajstić information content (AvgIpc) is 3.46. The summed E-state index contributed by atoms with van der Waals surface area (Å²) in [5.41, 5.74) is 10.1. The van der Waals surface area contributed by atoms with E-state index in [2.05, 4.69) is 123 Å². The predicted molar refractivity (Wildman–Crippen MR) is 191 cm³/mol. The van der Waals surface area contributed by atoms with Gasteiger partial charge in [0.2, 0.25) is 0 Å². The molecule has 0 aliphatic rings. The second kappa shape index (κ2) is 9.41. The minimum Gasteiger partial charge on any atom is -0.296 e. The molecule has 45 heavy (non-hydrogen) atoms. The van der Waals surface area contributed by atoms with E-state index in [1.807, 2.05) is 29.6 Å². The normalized spacial score (nSPS) is 12.0. The van der Waals surface area contributed by atoms with E-state index in [1.165, 1.54) is 60.1 Å². The van der Waals surface area contributed by atoms with Gasteiger partial charge in [0.05, 0.1) is 16.6 Å². The molecule has 2 heterocycles. The molecular weight excluding hydrogens is 548 g/mol. The molecule has 0 aliphatic carbocycles. The van der Waals surface area contributed by atoms with E-state index in [9.17, 15) is 4.79 Å². The standard InChI is InChI=1S/C42H30N2O/c1-25-13-18-33-34(20-25)40(30-15-14-27-8-4-5-9-28(27)22-30)32-17-12-26(2)21-35(32)41(33)31-16-19-38-36(23-31)39-24-29-10-6-7-11-37(29)44(39)42(45)43(38)3/h4-24H,1-3H3. The maximum Gasteiger partial charge on any atom is 0.333 e. The summed E-state index contributed by atoms with van der Waals surface area (Å²) in [6.07, 6.45) is 0. The van der Waals surface area contributed by atoms with Crippen LogP contribution in [0.3, 0.4) is 0 Å². The third kappa shape index (κ3) is 3.74. The molecule has 0 unspecified atom stereocenters. The Balaban J connectivity index is 1.42. The van der Waals surface area contributed by atoms with Gasteiger partial charge in [0.1, 0.15) is 0 Å². The van der Waals surface area contributed by atoms with Crippen molar-refractivity contribution < 1.29 is 0 Å². The van der Waals surface area contributed by atoms with E-state index in [0.29, 0.717) is 0 Å². The number of rotatable bonds is 2. The molecule has 9 rings (SSSR count). The van der Waals surface area contributed by atoms with Crippen LogP contribution in [0.5, 0.6) is 0 Å². The van der Waals surface area contributed by atoms with Crippen LogP contribution in [0.1, 0.15) is 11.1 Å². The number of nitrogens with zero attached hydrogens (tertiary/aromatic N) is 2. The van der Waals surface area contributed by atoms with Crippen LogP contribution in [0.15, 0.2) is 132 Å². The predicted octanol–water partition coefficient (Wildman–Crippen LogP) is 10.4. The van der Waals surface area contributed by atoms with Gasteiger partial charge < -0.3 is 0 Å². The zero-order chi connectivity index (χ0) is 30.4. The SMILES string of the molecule is Cc1ccc2c(-c3ccc4c(c3)c3cc5ccccc5n3c(=O)n4C)c3cc(C)ccc3c(-c3ccc4ccccc4c3)c2c1. The molecule has 0 bridgehead atoms. The molecule has 0 amide bonds. The smallest absolute Gasteiger partial charge is 0.296 e. The van der Waals surface area contributed by atoms with Crippen LogP contribution in [0, 0.1) is 13.8 Å². The molecule has 2 aromatic heterocycles. The fourth-order valence-electron chi connectivity index (χ4n) is 7.42. The Bertz CT molecular complexity index is 2760. The highest BCUT2D eigenvalue weighted by atomic mass is 16.1. The van der Waals surface area contributed by atoms with Crippen molar-refractivity contribution in [2.45, 2.75) is 13.8 Å². The molecule has 214 valence electrons. The van der Waals surface area contributed by atoms with Crippen LogP contribution in [0.4, 0.5) is 0 Å². The Morgan fingerprint density at radius 1 is 0.444 bits per heavy atom. The first-order valence-corrected chi connectivity index (χ1v) is 15.5. The third-order valence-corrected chi connectivity index (χ3v) is 9.58. The van der Waals surface area contributed by atoms with Crippen LogP contribution in [0.2, 0.25) is 0 Å². The molecule has 3 heteroatoms. The summed E-state index contributed by atoms with van der Waals surface area (Å²) in [7, 11) is 1.87. The van der Waals surface area contributed by atoms with Gasteiger partial charge in [-0.05, 0) is 98.8 Å². The van der Waals surface area contributed by atoms with Crippen LogP contribution < -0.4 is 5.69 Å². The maximum absolute atomic E-state index is 13.6. The van der Waals surface area contributed by atoms with Gasteiger partial charge in [-0.1, -0.05) is 108 Å².